The molecule has 4 rings (SSSR count). The van der Waals surface area contributed by atoms with Crippen molar-refractivity contribution < 1.29 is 28.2 Å². The minimum absolute atomic E-state index is 0.140. The van der Waals surface area contributed by atoms with Crippen molar-refractivity contribution in [3.05, 3.63) is 35.8 Å². The Bertz CT molecular complexity index is 1140. The highest BCUT2D eigenvalue weighted by molar-refractivity contribution is 6.02. The summed E-state index contributed by atoms with van der Waals surface area (Å²) in [4.78, 5) is 16.6. The molecule has 0 spiro atoms. The Labute approximate surface area is 194 Å². The van der Waals surface area contributed by atoms with Crippen molar-refractivity contribution in [3.8, 4) is 0 Å². The topological polar surface area (TPSA) is 117 Å². The van der Waals surface area contributed by atoms with E-state index in [0.29, 0.717) is 16.5 Å². The second-order valence-corrected chi connectivity index (χ2v) is 9.50. The second kappa shape index (κ2) is 8.70. The van der Waals surface area contributed by atoms with E-state index in [1.165, 1.54) is 13.8 Å². The van der Waals surface area contributed by atoms with Gasteiger partial charge in [-0.15, -0.1) is 0 Å². The van der Waals surface area contributed by atoms with Gasteiger partial charge < -0.3 is 20.8 Å². The van der Waals surface area contributed by atoms with Crippen molar-refractivity contribution in [1.82, 2.24) is 9.78 Å². The molecule has 1 fully saturated rings. The summed E-state index contributed by atoms with van der Waals surface area (Å²) in [5.74, 6) is -0.588. The van der Waals surface area contributed by atoms with E-state index in [0.717, 1.165) is 43.0 Å². The number of aliphatic hydroxyl groups is 2. The first-order valence-corrected chi connectivity index (χ1v) is 11.2. The quantitative estimate of drug-likeness (QED) is 0.609. The van der Waals surface area contributed by atoms with Gasteiger partial charge in [0, 0.05) is 41.9 Å². The predicted molar refractivity (Wildman–Crippen MR) is 121 cm³/mol. The molecule has 34 heavy (non-hydrogen) atoms. The van der Waals surface area contributed by atoms with Gasteiger partial charge in [0.25, 0.3) is 0 Å². The maximum absolute atomic E-state index is 13.4. The summed E-state index contributed by atoms with van der Waals surface area (Å²) in [5.41, 5.74) is 3.92. The Kier molecular flexibility index (Phi) is 6.19. The van der Waals surface area contributed by atoms with Crippen molar-refractivity contribution in [2.75, 3.05) is 11.5 Å². The van der Waals surface area contributed by atoms with Crippen LogP contribution in [0, 0.1) is 5.92 Å². The molecule has 2 aliphatic rings. The predicted octanol–water partition coefficient (Wildman–Crippen LogP) is 3.14. The number of carbonyl (C=O) groups excluding carboxylic acids is 1. The molecule has 1 aromatic carbocycles. The Morgan fingerprint density at radius 3 is 2.44 bits per heavy atom. The van der Waals surface area contributed by atoms with Gasteiger partial charge in [-0.3, -0.25) is 14.5 Å². The van der Waals surface area contributed by atoms with E-state index in [-0.39, 0.29) is 24.3 Å². The molecule has 1 aromatic heterocycles. The van der Waals surface area contributed by atoms with E-state index in [1.807, 2.05) is 10.9 Å². The fraction of sp³-hybridized carbons (Fsp3) is 0.522. The number of aromatic nitrogens is 2. The number of alkyl halides is 3. The van der Waals surface area contributed by atoms with Gasteiger partial charge in [0.1, 0.15) is 6.04 Å². The van der Waals surface area contributed by atoms with Crippen LogP contribution in [0.3, 0.4) is 0 Å². The van der Waals surface area contributed by atoms with Crippen molar-refractivity contribution in [3.63, 3.8) is 0 Å². The molecule has 1 unspecified atom stereocenters. The summed E-state index contributed by atoms with van der Waals surface area (Å²) in [7, 11) is 0. The van der Waals surface area contributed by atoms with Crippen molar-refractivity contribution >= 4 is 28.7 Å². The van der Waals surface area contributed by atoms with E-state index in [4.69, 9.17) is 5.73 Å². The molecule has 1 atom stereocenters. The summed E-state index contributed by atoms with van der Waals surface area (Å²) in [6.07, 6.45) is 2.19. The largest absolute Gasteiger partial charge is 0.434 e. The van der Waals surface area contributed by atoms with Gasteiger partial charge in [-0.1, -0.05) is 0 Å². The monoisotopic (exact) mass is 479 g/mol. The number of primary amides is 1. The van der Waals surface area contributed by atoms with Gasteiger partial charge in [0.2, 0.25) is 5.91 Å². The first kappa shape index (κ1) is 24.2. The number of halogens is 3. The Hall–Kier alpha value is -2.92. The minimum Gasteiger partial charge on any atom is -0.396 e. The highest BCUT2D eigenvalue weighted by atomic mass is 19.4. The average Bonchev–Trinajstić information content (AvgIpc) is 3.20. The average molecular weight is 480 g/mol. The van der Waals surface area contributed by atoms with Crippen LogP contribution in [-0.2, 0) is 10.4 Å². The molecule has 184 valence electrons. The Balaban J connectivity index is 1.81. The van der Waals surface area contributed by atoms with Crippen LogP contribution in [0.1, 0.15) is 51.1 Å². The van der Waals surface area contributed by atoms with Crippen molar-refractivity contribution in [1.29, 1.82) is 0 Å². The van der Waals surface area contributed by atoms with Crippen LogP contribution in [0.4, 0.5) is 18.9 Å². The van der Waals surface area contributed by atoms with Crippen molar-refractivity contribution in [2.24, 2.45) is 16.6 Å². The van der Waals surface area contributed by atoms with E-state index in [9.17, 15) is 28.2 Å². The Morgan fingerprint density at radius 2 is 1.88 bits per heavy atom. The van der Waals surface area contributed by atoms with Crippen LogP contribution in [0.15, 0.2) is 35.2 Å². The van der Waals surface area contributed by atoms with E-state index >= 15 is 0 Å². The number of aliphatic imine (C=N–C) groups is 1. The number of allylic oxidation sites excluding steroid dienone is 1. The molecule has 11 heteroatoms. The molecule has 1 aliphatic carbocycles. The van der Waals surface area contributed by atoms with Gasteiger partial charge in [-0.2, -0.15) is 18.3 Å². The maximum atomic E-state index is 13.4. The maximum Gasteiger partial charge on any atom is 0.434 e. The van der Waals surface area contributed by atoms with Gasteiger partial charge in [-0.25, -0.2) is 0 Å². The van der Waals surface area contributed by atoms with E-state index < -0.39 is 29.4 Å². The molecule has 0 radical (unpaired) electrons. The number of aliphatic hydroxyl groups excluding tert-OH is 1. The molecule has 1 saturated carbocycles. The standard InChI is InChI=1S/C23H28F3N5O3/c1-22(2,34)16-8-17-14(10-31(29-17)15-5-3-13(12-32)4-6-15)7-18(16)30-11-20(23(24,25)26)28-9-19(30)21(27)33/h7-11,13,15,19,32,34H,3-6,12H2,1-2H3,(H2,27,33). The molecular formula is C23H28F3N5O3. The van der Waals surface area contributed by atoms with Gasteiger partial charge >= 0.3 is 6.18 Å². The van der Waals surface area contributed by atoms with Crippen LogP contribution < -0.4 is 10.6 Å². The summed E-state index contributed by atoms with van der Waals surface area (Å²) < 4.78 is 42.1. The fourth-order valence-corrected chi connectivity index (χ4v) is 4.61. The Morgan fingerprint density at radius 1 is 1.21 bits per heavy atom. The van der Waals surface area contributed by atoms with Gasteiger partial charge in [0.15, 0.2) is 5.70 Å². The normalized spacial score (nSPS) is 23.9. The van der Waals surface area contributed by atoms with E-state index in [2.05, 4.69) is 10.1 Å². The first-order valence-electron chi connectivity index (χ1n) is 11.2. The number of nitrogens with two attached hydrogens (primary N) is 1. The van der Waals surface area contributed by atoms with Crippen LogP contribution in [0.2, 0.25) is 0 Å². The van der Waals surface area contributed by atoms with Crippen molar-refractivity contribution in [2.45, 2.75) is 63.4 Å². The molecule has 4 N–H and O–H groups in total. The fourth-order valence-electron chi connectivity index (χ4n) is 4.61. The van der Waals surface area contributed by atoms with Gasteiger partial charge in [-0.05, 0) is 57.6 Å². The molecular weight excluding hydrogens is 451 g/mol. The summed E-state index contributed by atoms with van der Waals surface area (Å²) in [6, 6.07) is 2.13. The zero-order chi connectivity index (χ0) is 24.8. The van der Waals surface area contributed by atoms with Crippen LogP contribution in [0.25, 0.3) is 10.9 Å². The number of carbonyl (C=O) groups is 1. The third-order valence-corrected chi connectivity index (χ3v) is 6.52. The summed E-state index contributed by atoms with van der Waals surface area (Å²) in [6.45, 7) is 3.19. The number of nitrogens with zero attached hydrogens (tertiary/aromatic N) is 4. The SMILES string of the molecule is CC(C)(O)c1cc2nn(C3CCC(CO)CC3)cc2cc1N1C=C(C(F)(F)F)N=CC1C(N)=O. The smallest absolute Gasteiger partial charge is 0.396 e. The number of hydrogen-bond donors (Lipinski definition) is 3. The minimum atomic E-state index is -4.73. The molecule has 2 heterocycles. The zero-order valence-electron chi connectivity index (χ0n) is 19.0. The molecule has 8 nitrogen and oxygen atoms in total. The van der Waals surface area contributed by atoms with Crippen LogP contribution in [0.5, 0.6) is 0 Å². The van der Waals surface area contributed by atoms with Gasteiger partial charge in [0.05, 0.1) is 17.2 Å². The van der Waals surface area contributed by atoms with E-state index in [1.54, 1.807) is 12.1 Å². The van der Waals surface area contributed by atoms with Crippen LogP contribution >= 0.6 is 0 Å². The molecule has 1 amide bonds. The number of fused-ring (bicyclic) bond motifs is 1. The highest BCUT2D eigenvalue weighted by Gasteiger charge is 2.39. The number of hydrogen-bond acceptors (Lipinski definition) is 6. The third-order valence-electron chi connectivity index (χ3n) is 6.52. The molecule has 1 aliphatic heterocycles. The third kappa shape index (κ3) is 4.67. The highest BCUT2D eigenvalue weighted by Crippen LogP contribution is 2.39. The number of amides is 1. The summed E-state index contributed by atoms with van der Waals surface area (Å²) >= 11 is 0. The summed E-state index contributed by atoms with van der Waals surface area (Å²) in [5, 5.41) is 25.5. The first-order chi connectivity index (χ1) is 15.9. The second-order valence-electron chi connectivity index (χ2n) is 9.50. The lowest BCUT2D eigenvalue weighted by molar-refractivity contribution is -0.118. The lowest BCUT2D eigenvalue weighted by Gasteiger charge is -2.33. The lowest BCUT2D eigenvalue weighted by atomic mass is 9.87. The number of rotatable bonds is 5. The van der Waals surface area contributed by atoms with Crippen LogP contribution in [-0.4, -0.2) is 50.9 Å². The number of benzene rings is 1. The lowest BCUT2D eigenvalue weighted by Crippen LogP contribution is -2.46. The zero-order valence-corrected chi connectivity index (χ0v) is 19.0. The number of anilines is 1. The molecule has 0 saturated heterocycles. The molecule has 2 aromatic rings. The molecule has 0 bridgehead atoms.